The summed E-state index contributed by atoms with van der Waals surface area (Å²) in [7, 11) is 0. The van der Waals surface area contributed by atoms with E-state index in [1.807, 2.05) is 78.9 Å². The summed E-state index contributed by atoms with van der Waals surface area (Å²) in [6, 6.07) is 62.6. The molecule has 0 bridgehead atoms. The maximum Gasteiger partial charge on any atom is 0.164 e. The second-order valence-corrected chi connectivity index (χ2v) is 14.4. The van der Waals surface area contributed by atoms with Crippen LogP contribution in [0.25, 0.3) is 117 Å². The van der Waals surface area contributed by atoms with E-state index in [9.17, 15) is 0 Å². The van der Waals surface area contributed by atoms with Gasteiger partial charge in [0, 0.05) is 60.8 Å². The Kier molecular flexibility index (Phi) is 6.83. The second kappa shape index (κ2) is 12.3. The minimum atomic E-state index is 0.596. The van der Waals surface area contributed by atoms with Gasteiger partial charge in [0.2, 0.25) is 0 Å². The fourth-order valence-electron chi connectivity index (χ4n) is 8.51. The van der Waals surface area contributed by atoms with Crippen LogP contribution in [-0.2, 0) is 0 Å². The van der Waals surface area contributed by atoms with Gasteiger partial charge in [-0.2, -0.15) is 0 Å². The van der Waals surface area contributed by atoms with Gasteiger partial charge >= 0.3 is 0 Å². The fraction of sp³-hybridized carbons (Fsp3) is 0. The van der Waals surface area contributed by atoms with Crippen molar-refractivity contribution in [2.24, 2.45) is 0 Å². The van der Waals surface area contributed by atoms with Gasteiger partial charge in [-0.25, -0.2) is 15.0 Å². The number of benzene rings is 8. The molecule has 8 aromatic carbocycles. The Morgan fingerprint density at radius 1 is 0.333 bits per heavy atom. The molecule has 0 spiro atoms. The minimum Gasteiger partial charge on any atom is -0.456 e. The number of nitrogens with zero attached hydrogens (tertiary/aromatic N) is 4. The maximum absolute atomic E-state index is 6.67. The van der Waals surface area contributed by atoms with Crippen molar-refractivity contribution in [1.29, 1.82) is 0 Å². The summed E-state index contributed by atoms with van der Waals surface area (Å²) in [6.45, 7) is 0. The summed E-state index contributed by atoms with van der Waals surface area (Å²) in [5.74, 6) is 1.84. The van der Waals surface area contributed by atoms with Gasteiger partial charge in [0.25, 0.3) is 0 Å². The summed E-state index contributed by atoms with van der Waals surface area (Å²) in [4.78, 5) is 14.9. The Hall–Kier alpha value is -7.83. The highest BCUT2D eigenvalue weighted by atomic mass is 16.3. The summed E-state index contributed by atoms with van der Waals surface area (Å²) >= 11 is 0. The fourth-order valence-corrected chi connectivity index (χ4v) is 8.51. The van der Waals surface area contributed by atoms with E-state index >= 15 is 0 Å². The SMILES string of the molecule is c1ccc(-c2nc(-c3ccccc3)nc(-c3ccc4oc5cccc(-c6cccc7oc8cc(-n9c%10ccccc%10c%10ccccc%109)ccc8c67)c5c4c3)n2)cc1. The van der Waals surface area contributed by atoms with E-state index in [4.69, 9.17) is 23.8 Å². The van der Waals surface area contributed by atoms with Crippen molar-refractivity contribution in [1.82, 2.24) is 19.5 Å². The lowest BCUT2D eigenvalue weighted by Gasteiger charge is -2.09. The van der Waals surface area contributed by atoms with Gasteiger partial charge in [-0.05, 0) is 65.7 Å². The topological polar surface area (TPSA) is 69.9 Å². The lowest BCUT2D eigenvalue weighted by molar-refractivity contribution is 0.668. The Morgan fingerprint density at radius 2 is 0.860 bits per heavy atom. The molecule has 4 heterocycles. The highest BCUT2D eigenvalue weighted by molar-refractivity contribution is 6.20. The monoisotopic (exact) mass is 730 g/mol. The van der Waals surface area contributed by atoms with E-state index in [-0.39, 0.29) is 0 Å². The Balaban J connectivity index is 1.04. The zero-order chi connectivity index (χ0) is 37.5. The molecule has 12 rings (SSSR count). The Morgan fingerprint density at radius 3 is 1.47 bits per heavy atom. The number of rotatable bonds is 5. The van der Waals surface area contributed by atoms with Gasteiger partial charge in [0.1, 0.15) is 22.3 Å². The molecular formula is C51H30N4O2. The lowest BCUT2D eigenvalue weighted by Crippen LogP contribution is -2.00. The van der Waals surface area contributed by atoms with Crippen LogP contribution in [0.5, 0.6) is 0 Å². The molecule has 0 aliphatic carbocycles. The van der Waals surface area contributed by atoms with Gasteiger partial charge in [-0.1, -0.05) is 121 Å². The quantitative estimate of drug-likeness (QED) is 0.176. The first-order chi connectivity index (χ1) is 28.2. The first-order valence-electron chi connectivity index (χ1n) is 19.0. The molecule has 0 atom stereocenters. The van der Waals surface area contributed by atoms with Gasteiger partial charge in [-0.15, -0.1) is 0 Å². The first-order valence-corrected chi connectivity index (χ1v) is 19.0. The van der Waals surface area contributed by atoms with Crippen LogP contribution in [0.15, 0.2) is 191 Å². The average Bonchev–Trinajstić information content (AvgIpc) is 3.96. The van der Waals surface area contributed by atoms with Crippen LogP contribution >= 0.6 is 0 Å². The number of fused-ring (bicyclic) bond motifs is 9. The molecule has 6 heteroatoms. The van der Waals surface area contributed by atoms with Gasteiger partial charge in [0.05, 0.1) is 11.0 Å². The standard InChI is InChI=1S/C51H30N4O2/c1-3-13-31(14-4-1)49-52-50(32-15-5-2-6-16-32)54-51(53-49)33-25-28-43-40(29-33)48-38(20-12-24-45(48)56-43)37-19-11-23-44-47(37)39-27-26-34(30-46(39)57-44)55-41-21-9-7-17-35(41)36-18-8-10-22-42(36)55/h1-30H. The van der Waals surface area contributed by atoms with Crippen LogP contribution in [0.3, 0.4) is 0 Å². The van der Waals surface area contributed by atoms with E-state index in [1.54, 1.807) is 0 Å². The van der Waals surface area contributed by atoms with Crippen molar-refractivity contribution in [3.05, 3.63) is 182 Å². The predicted molar refractivity (Wildman–Crippen MR) is 230 cm³/mol. The number of hydrogen-bond acceptors (Lipinski definition) is 5. The van der Waals surface area contributed by atoms with Crippen LogP contribution in [0.2, 0.25) is 0 Å². The summed E-state index contributed by atoms with van der Waals surface area (Å²) in [5, 5.41) is 6.59. The van der Waals surface area contributed by atoms with E-state index < -0.39 is 0 Å². The van der Waals surface area contributed by atoms with Crippen molar-refractivity contribution in [3.8, 4) is 51.0 Å². The van der Waals surface area contributed by atoms with E-state index in [1.165, 1.54) is 10.8 Å². The molecule has 4 aromatic heterocycles. The van der Waals surface area contributed by atoms with Crippen LogP contribution in [0, 0.1) is 0 Å². The second-order valence-electron chi connectivity index (χ2n) is 14.4. The summed E-state index contributed by atoms with van der Waals surface area (Å²) in [5.41, 5.74) is 11.5. The van der Waals surface area contributed by atoms with E-state index in [2.05, 4.69) is 108 Å². The zero-order valence-corrected chi connectivity index (χ0v) is 30.4. The lowest BCUT2D eigenvalue weighted by atomic mass is 9.95. The number of aromatic nitrogens is 4. The molecular weight excluding hydrogens is 701 g/mol. The minimum absolute atomic E-state index is 0.596. The number of hydrogen-bond donors (Lipinski definition) is 0. The molecule has 0 radical (unpaired) electrons. The van der Waals surface area contributed by atoms with E-state index in [0.717, 1.165) is 88.4 Å². The molecule has 0 unspecified atom stereocenters. The zero-order valence-electron chi connectivity index (χ0n) is 30.4. The molecule has 0 aliphatic rings. The van der Waals surface area contributed by atoms with Crippen LogP contribution in [0.1, 0.15) is 0 Å². The first kappa shape index (κ1) is 31.5. The number of furan rings is 2. The largest absolute Gasteiger partial charge is 0.456 e. The van der Waals surface area contributed by atoms with Crippen molar-refractivity contribution < 1.29 is 8.83 Å². The Bertz CT molecular complexity index is 3410. The third-order valence-corrected chi connectivity index (χ3v) is 11.1. The molecule has 0 amide bonds. The molecule has 57 heavy (non-hydrogen) atoms. The molecule has 266 valence electrons. The number of para-hydroxylation sites is 2. The van der Waals surface area contributed by atoms with Crippen molar-refractivity contribution in [2.45, 2.75) is 0 Å². The summed E-state index contributed by atoms with van der Waals surface area (Å²) < 4.78 is 15.5. The molecule has 6 nitrogen and oxygen atoms in total. The van der Waals surface area contributed by atoms with E-state index in [0.29, 0.717) is 17.5 Å². The molecule has 12 aromatic rings. The highest BCUT2D eigenvalue weighted by Crippen LogP contribution is 2.44. The Labute approximate surface area is 325 Å². The average molecular weight is 731 g/mol. The van der Waals surface area contributed by atoms with Crippen molar-refractivity contribution in [2.75, 3.05) is 0 Å². The van der Waals surface area contributed by atoms with Crippen LogP contribution < -0.4 is 0 Å². The smallest absolute Gasteiger partial charge is 0.164 e. The maximum atomic E-state index is 6.67. The predicted octanol–water partition coefficient (Wildman–Crippen LogP) is 13.4. The normalized spacial score (nSPS) is 11.9. The molecule has 0 saturated heterocycles. The van der Waals surface area contributed by atoms with Gasteiger partial charge < -0.3 is 13.4 Å². The van der Waals surface area contributed by atoms with Gasteiger partial charge in [0.15, 0.2) is 17.5 Å². The molecule has 0 aliphatic heterocycles. The van der Waals surface area contributed by atoms with Crippen LogP contribution in [-0.4, -0.2) is 19.5 Å². The summed E-state index contributed by atoms with van der Waals surface area (Å²) in [6.07, 6.45) is 0. The molecule has 0 fully saturated rings. The third-order valence-electron chi connectivity index (χ3n) is 11.1. The van der Waals surface area contributed by atoms with Crippen molar-refractivity contribution >= 4 is 65.7 Å². The van der Waals surface area contributed by atoms with Crippen molar-refractivity contribution in [3.63, 3.8) is 0 Å². The highest BCUT2D eigenvalue weighted by Gasteiger charge is 2.20. The van der Waals surface area contributed by atoms with Crippen LogP contribution in [0.4, 0.5) is 0 Å². The third kappa shape index (κ3) is 4.94. The van der Waals surface area contributed by atoms with Gasteiger partial charge in [-0.3, -0.25) is 0 Å². The molecule has 0 saturated carbocycles. The molecule has 0 N–H and O–H groups in total.